The standard InChI is InChI=1S/C18H21Cl2N5O/c19-15-3-2-14(12-16(15)20)13-17(26)21-6-7-24-8-10-25(11-9-24)18-22-4-1-5-23-18/h1-5,12H,6-11,13H2,(H,21,26). The van der Waals surface area contributed by atoms with E-state index < -0.39 is 0 Å². The molecule has 0 spiro atoms. The van der Waals surface area contributed by atoms with Crippen LogP contribution in [0.15, 0.2) is 36.7 Å². The van der Waals surface area contributed by atoms with Gasteiger partial charge in [-0.05, 0) is 23.8 Å². The molecule has 3 rings (SSSR count). The molecule has 1 fully saturated rings. The molecule has 26 heavy (non-hydrogen) atoms. The molecule has 0 aliphatic carbocycles. The maximum Gasteiger partial charge on any atom is 0.225 e. The third-order valence-electron chi connectivity index (χ3n) is 4.31. The quantitative estimate of drug-likeness (QED) is 0.815. The molecular formula is C18H21Cl2N5O. The minimum atomic E-state index is -0.0142. The molecule has 0 atom stereocenters. The molecule has 1 saturated heterocycles. The number of aromatic nitrogens is 2. The molecule has 0 unspecified atom stereocenters. The summed E-state index contributed by atoms with van der Waals surface area (Å²) >= 11 is 11.9. The van der Waals surface area contributed by atoms with Gasteiger partial charge in [0.15, 0.2) is 0 Å². The number of nitrogens with one attached hydrogen (secondary N) is 1. The summed E-state index contributed by atoms with van der Waals surface area (Å²) in [5.41, 5.74) is 0.855. The Morgan fingerprint density at radius 3 is 2.50 bits per heavy atom. The second-order valence-electron chi connectivity index (χ2n) is 6.15. The highest BCUT2D eigenvalue weighted by molar-refractivity contribution is 6.42. The maximum absolute atomic E-state index is 12.1. The predicted octanol–water partition coefficient (Wildman–Crippen LogP) is 2.26. The first-order chi connectivity index (χ1) is 12.6. The van der Waals surface area contributed by atoms with Crippen molar-refractivity contribution in [2.24, 2.45) is 0 Å². The molecule has 1 aromatic heterocycles. The van der Waals surface area contributed by atoms with Crippen LogP contribution in [0.5, 0.6) is 0 Å². The van der Waals surface area contributed by atoms with E-state index in [-0.39, 0.29) is 5.91 Å². The molecule has 1 N–H and O–H groups in total. The third-order valence-corrected chi connectivity index (χ3v) is 5.05. The lowest BCUT2D eigenvalue weighted by atomic mass is 10.1. The van der Waals surface area contributed by atoms with Crippen LogP contribution in [0.4, 0.5) is 5.95 Å². The molecule has 1 aromatic carbocycles. The lowest BCUT2D eigenvalue weighted by Gasteiger charge is -2.34. The van der Waals surface area contributed by atoms with E-state index in [1.54, 1.807) is 24.5 Å². The number of nitrogens with zero attached hydrogens (tertiary/aromatic N) is 4. The van der Waals surface area contributed by atoms with Gasteiger partial charge in [-0.25, -0.2) is 9.97 Å². The van der Waals surface area contributed by atoms with Gasteiger partial charge in [-0.15, -0.1) is 0 Å². The Labute approximate surface area is 163 Å². The number of hydrogen-bond donors (Lipinski definition) is 1. The first-order valence-corrected chi connectivity index (χ1v) is 9.32. The highest BCUT2D eigenvalue weighted by Gasteiger charge is 2.18. The first-order valence-electron chi connectivity index (χ1n) is 8.57. The van der Waals surface area contributed by atoms with Crippen molar-refractivity contribution in [1.29, 1.82) is 0 Å². The van der Waals surface area contributed by atoms with Crippen LogP contribution in [0.2, 0.25) is 10.0 Å². The highest BCUT2D eigenvalue weighted by Crippen LogP contribution is 2.22. The van der Waals surface area contributed by atoms with Gasteiger partial charge < -0.3 is 10.2 Å². The minimum absolute atomic E-state index is 0.0142. The van der Waals surface area contributed by atoms with E-state index in [1.807, 2.05) is 12.1 Å². The molecule has 0 bridgehead atoms. The van der Waals surface area contributed by atoms with Crippen molar-refractivity contribution in [1.82, 2.24) is 20.2 Å². The van der Waals surface area contributed by atoms with Crippen molar-refractivity contribution in [3.8, 4) is 0 Å². The average molecular weight is 394 g/mol. The Morgan fingerprint density at radius 2 is 1.81 bits per heavy atom. The molecule has 1 amide bonds. The number of piperazine rings is 1. The van der Waals surface area contributed by atoms with Crippen LogP contribution in [0.1, 0.15) is 5.56 Å². The summed E-state index contributed by atoms with van der Waals surface area (Å²) in [7, 11) is 0. The van der Waals surface area contributed by atoms with E-state index in [0.29, 0.717) is 23.0 Å². The van der Waals surface area contributed by atoms with Gasteiger partial charge in [0.1, 0.15) is 0 Å². The zero-order valence-electron chi connectivity index (χ0n) is 14.4. The van der Waals surface area contributed by atoms with Gasteiger partial charge in [-0.3, -0.25) is 9.69 Å². The van der Waals surface area contributed by atoms with Crippen LogP contribution in [-0.2, 0) is 11.2 Å². The van der Waals surface area contributed by atoms with Crippen LogP contribution >= 0.6 is 23.2 Å². The van der Waals surface area contributed by atoms with Crippen molar-refractivity contribution in [3.63, 3.8) is 0 Å². The van der Waals surface area contributed by atoms with E-state index in [2.05, 4.69) is 25.1 Å². The molecular weight excluding hydrogens is 373 g/mol. The summed E-state index contributed by atoms with van der Waals surface area (Å²) < 4.78 is 0. The SMILES string of the molecule is O=C(Cc1ccc(Cl)c(Cl)c1)NCCN1CCN(c2ncccn2)CC1. The maximum atomic E-state index is 12.1. The Hall–Kier alpha value is -1.89. The number of hydrogen-bond acceptors (Lipinski definition) is 5. The monoisotopic (exact) mass is 393 g/mol. The highest BCUT2D eigenvalue weighted by atomic mass is 35.5. The normalized spacial score (nSPS) is 15.1. The number of carbonyl (C=O) groups is 1. The second-order valence-corrected chi connectivity index (χ2v) is 6.97. The number of rotatable bonds is 6. The summed E-state index contributed by atoms with van der Waals surface area (Å²) in [6.45, 7) is 5.10. The van der Waals surface area contributed by atoms with Crippen molar-refractivity contribution in [2.75, 3.05) is 44.2 Å². The molecule has 6 nitrogen and oxygen atoms in total. The number of carbonyl (C=O) groups excluding carboxylic acids is 1. The summed E-state index contributed by atoms with van der Waals surface area (Å²) in [6, 6.07) is 7.08. The van der Waals surface area contributed by atoms with Gasteiger partial charge in [0.05, 0.1) is 16.5 Å². The van der Waals surface area contributed by atoms with Crippen molar-refractivity contribution in [3.05, 3.63) is 52.3 Å². The van der Waals surface area contributed by atoms with E-state index in [0.717, 1.165) is 44.2 Å². The Bertz CT molecular complexity index is 736. The zero-order valence-corrected chi connectivity index (χ0v) is 15.9. The fourth-order valence-electron chi connectivity index (χ4n) is 2.88. The number of benzene rings is 1. The smallest absolute Gasteiger partial charge is 0.225 e. The molecule has 2 heterocycles. The Balaban J connectivity index is 1.36. The van der Waals surface area contributed by atoms with E-state index in [4.69, 9.17) is 23.2 Å². The van der Waals surface area contributed by atoms with Crippen molar-refractivity contribution >= 4 is 35.1 Å². The van der Waals surface area contributed by atoms with Gasteiger partial charge in [0.2, 0.25) is 11.9 Å². The Kier molecular flexibility index (Phi) is 6.66. The lowest BCUT2D eigenvalue weighted by Crippen LogP contribution is -2.49. The number of anilines is 1. The summed E-state index contributed by atoms with van der Waals surface area (Å²) in [4.78, 5) is 25.1. The first kappa shape index (κ1) is 18.9. The van der Waals surface area contributed by atoms with Gasteiger partial charge >= 0.3 is 0 Å². The van der Waals surface area contributed by atoms with Crippen LogP contribution < -0.4 is 10.2 Å². The van der Waals surface area contributed by atoms with Crippen molar-refractivity contribution < 1.29 is 4.79 Å². The number of halogens is 2. The molecule has 1 aliphatic rings. The van der Waals surface area contributed by atoms with E-state index in [9.17, 15) is 4.79 Å². The van der Waals surface area contributed by atoms with E-state index in [1.165, 1.54) is 0 Å². The summed E-state index contributed by atoms with van der Waals surface area (Å²) in [6.07, 6.45) is 3.83. The van der Waals surface area contributed by atoms with Gasteiger partial charge in [0.25, 0.3) is 0 Å². The fraction of sp³-hybridized carbons (Fsp3) is 0.389. The molecule has 0 radical (unpaired) electrons. The van der Waals surface area contributed by atoms with Crippen LogP contribution in [0.3, 0.4) is 0 Å². The molecule has 0 saturated carbocycles. The molecule has 138 valence electrons. The van der Waals surface area contributed by atoms with Gasteiger partial charge in [-0.2, -0.15) is 0 Å². The van der Waals surface area contributed by atoms with Gasteiger partial charge in [0, 0.05) is 51.7 Å². The van der Waals surface area contributed by atoms with Gasteiger partial charge in [-0.1, -0.05) is 29.3 Å². The number of amides is 1. The molecule has 2 aromatic rings. The molecule has 8 heteroatoms. The predicted molar refractivity (Wildman–Crippen MR) is 104 cm³/mol. The zero-order chi connectivity index (χ0) is 18.4. The average Bonchev–Trinajstić information content (AvgIpc) is 2.66. The second kappa shape index (κ2) is 9.16. The lowest BCUT2D eigenvalue weighted by molar-refractivity contribution is -0.120. The van der Waals surface area contributed by atoms with Crippen molar-refractivity contribution in [2.45, 2.75) is 6.42 Å². The Morgan fingerprint density at radius 1 is 1.08 bits per heavy atom. The topological polar surface area (TPSA) is 61.4 Å². The summed E-state index contributed by atoms with van der Waals surface area (Å²) in [5.74, 6) is 0.766. The van der Waals surface area contributed by atoms with E-state index >= 15 is 0 Å². The largest absolute Gasteiger partial charge is 0.355 e. The fourth-order valence-corrected chi connectivity index (χ4v) is 3.20. The molecule has 1 aliphatic heterocycles. The van der Waals surface area contributed by atoms with Crippen LogP contribution in [0.25, 0.3) is 0 Å². The van der Waals surface area contributed by atoms with Crippen LogP contribution in [-0.4, -0.2) is 60.0 Å². The summed E-state index contributed by atoms with van der Waals surface area (Å²) in [5, 5.41) is 3.93. The van der Waals surface area contributed by atoms with Crippen LogP contribution in [0, 0.1) is 0 Å². The minimum Gasteiger partial charge on any atom is -0.355 e. The third kappa shape index (κ3) is 5.30.